The zero-order valence-corrected chi connectivity index (χ0v) is 8.62. The lowest BCUT2D eigenvalue weighted by atomic mass is 9.90. The van der Waals surface area contributed by atoms with Gasteiger partial charge in [0.15, 0.2) is 0 Å². The molecule has 0 unspecified atom stereocenters. The first-order chi connectivity index (χ1) is 6.37. The number of aliphatic carboxylic acids is 1. The lowest BCUT2D eigenvalue weighted by Crippen LogP contribution is -2.22. The first-order valence-electron chi connectivity index (χ1n) is 4.87. The molecule has 2 atom stereocenters. The largest absolute Gasteiger partial charge is 0.481 e. The quantitative estimate of drug-likeness (QED) is 0.693. The molecule has 1 saturated carbocycles. The Morgan fingerprint density at radius 2 is 2.07 bits per heavy atom. The normalized spacial score (nSPS) is 30.4. The minimum absolute atomic E-state index is 0.0682. The summed E-state index contributed by atoms with van der Waals surface area (Å²) in [6.45, 7) is 4.10. The molecular weight excluding hydrogens is 182 g/mol. The monoisotopic (exact) mass is 199 g/mol. The van der Waals surface area contributed by atoms with Crippen molar-refractivity contribution in [3.05, 3.63) is 0 Å². The zero-order chi connectivity index (χ0) is 10.9. The van der Waals surface area contributed by atoms with Gasteiger partial charge >= 0.3 is 5.97 Å². The molecule has 1 aliphatic rings. The van der Waals surface area contributed by atoms with E-state index in [9.17, 15) is 9.59 Å². The fraction of sp³-hybridized carbons (Fsp3) is 0.800. The van der Waals surface area contributed by atoms with E-state index in [4.69, 9.17) is 10.8 Å². The van der Waals surface area contributed by atoms with E-state index < -0.39 is 11.9 Å². The SMILES string of the molecule is CC(C)[C@@H]1C[C@@]1(CC(N)=O)CC(=O)O. The van der Waals surface area contributed by atoms with E-state index in [0.29, 0.717) is 11.8 Å². The molecule has 4 heteroatoms. The zero-order valence-electron chi connectivity index (χ0n) is 8.62. The van der Waals surface area contributed by atoms with Crippen LogP contribution in [0.4, 0.5) is 0 Å². The summed E-state index contributed by atoms with van der Waals surface area (Å²) in [5.41, 5.74) is 4.78. The van der Waals surface area contributed by atoms with Gasteiger partial charge in [-0.1, -0.05) is 13.8 Å². The lowest BCUT2D eigenvalue weighted by Gasteiger charge is -2.14. The highest BCUT2D eigenvalue weighted by molar-refractivity contribution is 5.77. The molecule has 3 N–H and O–H groups in total. The molecular formula is C10H17NO3. The lowest BCUT2D eigenvalue weighted by molar-refractivity contribution is -0.138. The summed E-state index contributed by atoms with van der Waals surface area (Å²) in [4.78, 5) is 21.5. The molecule has 1 rings (SSSR count). The number of amides is 1. The number of nitrogens with two attached hydrogens (primary N) is 1. The van der Waals surface area contributed by atoms with Crippen LogP contribution >= 0.6 is 0 Å². The molecule has 1 aliphatic carbocycles. The molecule has 0 radical (unpaired) electrons. The second kappa shape index (κ2) is 3.59. The van der Waals surface area contributed by atoms with E-state index in [1.807, 2.05) is 0 Å². The fourth-order valence-corrected chi connectivity index (χ4v) is 2.44. The summed E-state index contributed by atoms with van der Waals surface area (Å²) < 4.78 is 0. The molecule has 0 aliphatic heterocycles. The first-order valence-corrected chi connectivity index (χ1v) is 4.87. The van der Waals surface area contributed by atoms with Crippen LogP contribution in [0.25, 0.3) is 0 Å². The summed E-state index contributed by atoms with van der Waals surface area (Å²) in [7, 11) is 0. The number of carboxylic acids is 1. The molecule has 0 aromatic carbocycles. The van der Waals surface area contributed by atoms with E-state index in [-0.39, 0.29) is 18.3 Å². The van der Waals surface area contributed by atoms with Crippen LogP contribution in [0, 0.1) is 17.3 Å². The summed E-state index contributed by atoms with van der Waals surface area (Å²) in [5.74, 6) is -0.469. The van der Waals surface area contributed by atoms with Gasteiger partial charge in [0.2, 0.25) is 5.91 Å². The maximum Gasteiger partial charge on any atom is 0.303 e. The molecule has 0 saturated heterocycles. The first kappa shape index (κ1) is 11.0. The van der Waals surface area contributed by atoms with Gasteiger partial charge < -0.3 is 10.8 Å². The Balaban J connectivity index is 2.65. The number of carbonyl (C=O) groups excluding carboxylic acids is 1. The second-order valence-electron chi connectivity index (χ2n) is 4.63. The van der Waals surface area contributed by atoms with Crippen molar-refractivity contribution in [3.63, 3.8) is 0 Å². The molecule has 0 aromatic rings. The summed E-state index contributed by atoms with van der Waals surface area (Å²) in [5, 5.41) is 8.75. The third kappa shape index (κ3) is 2.25. The van der Waals surface area contributed by atoms with Crippen molar-refractivity contribution < 1.29 is 14.7 Å². The van der Waals surface area contributed by atoms with Gasteiger partial charge in [0.1, 0.15) is 0 Å². The average molecular weight is 199 g/mol. The van der Waals surface area contributed by atoms with Crippen molar-refractivity contribution in [3.8, 4) is 0 Å². The Labute approximate surface area is 83.5 Å². The number of primary amides is 1. The minimum Gasteiger partial charge on any atom is -0.481 e. The Kier molecular flexibility index (Phi) is 2.83. The maximum absolute atomic E-state index is 10.8. The molecule has 14 heavy (non-hydrogen) atoms. The van der Waals surface area contributed by atoms with Crippen molar-refractivity contribution in [1.29, 1.82) is 0 Å². The molecule has 1 amide bonds. The Morgan fingerprint density at radius 3 is 2.36 bits per heavy atom. The van der Waals surface area contributed by atoms with E-state index in [1.54, 1.807) is 0 Å². The van der Waals surface area contributed by atoms with Gasteiger partial charge in [0.05, 0.1) is 6.42 Å². The highest BCUT2D eigenvalue weighted by Gasteiger charge is 2.56. The van der Waals surface area contributed by atoms with E-state index in [1.165, 1.54) is 0 Å². The van der Waals surface area contributed by atoms with Crippen LogP contribution in [0.15, 0.2) is 0 Å². The average Bonchev–Trinajstić information content (AvgIpc) is 2.59. The van der Waals surface area contributed by atoms with Crippen molar-refractivity contribution >= 4 is 11.9 Å². The van der Waals surface area contributed by atoms with Crippen LogP contribution in [0.3, 0.4) is 0 Å². The number of carbonyl (C=O) groups is 2. The third-order valence-corrected chi connectivity index (χ3v) is 3.09. The summed E-state index contributed by atoms with van der Waals surface area (Å²) in [6, 6.07) is 0. The van der Waals surface area contributed by atoms with Gasteiger partial charge in [-0.05, 0) is 23.7 Å². The number of hydrogen-bond donors (Lipinski definition) is 2. The van der Waals surface area contributed by atoms with Gasteiger partial charge in [-0.3, -0.25) is 9.59 Å². The molecule has 0 spiro atoms. The highest BCUT2D eigenvalue weighted by atomic mass is 16.4. The Hall–Kier alpha value is -1.06. The summed E-state index contributed by atoms with van der Waals surface area (Å²) >= 11 is 0. The van der Waals surface area contributed by atoms with Crippen LogP contribution in [-0.4, -0.2) is 17.0 Å². The van der Waals surface area contributed by atoms with Crippen LogP contribution < -0.4 is 5.73 Å². The fourth-order valence-electron chi connectivity index (χ4n) is 2.44. The maximum atomic E-state index is 10.8. The van der Waals surface area contributed by atoms with Crippen molar-refractivity contribution in [2.75, 3.05) is 0 Å². The van der Waals surface area contributed by atoms with Crippen LogP contribution in [0.1, 0.15) is 33.1 Å². The van der Waals surface area contributed by atoms with Crippen LogP contribution in [-0.2, 0) is 9.59 Å². The number of hydrogen-bond acceptors (Lipinski definition) is 2. The predicted octanol–water partition coefficient (Wildman–Crippen LogP) is 0.999. The van der Waals surface area contributed by atoms with Gasteiger partial charge in [-0.25, -0.2) is 0 Å². The Morgan fingerprint density at radius 1 is 1.50 bits per heavy atom. The van der Waals surface area contributed by atoms with Crippen LogP contribution in [0.2, 0.25) is 0 Å². The molecule has 80 valence electrons. The standard InChI is InChI=1S/C10H17NO3/c1-6(2)7-3-10(7,4-8(11)12)5-9(13)14/h6-7H,3-5H2,1-2H3,(H2,11,12)(H,13,14)/t7-,10+/m0/s1. The van der Waals surface area contributed by atoms with Gasteiger partial charge in [0.25, 0.3) is 0 Å². The van der Waals surface area contributed by atoms with E-state index in [2.05, 4.69) is 13.8 Å². The predicted molar refractivity (Wildman–Crippen MR) is 51.4 cm³/mol. The van der Waals surface area contributed by atoms with E-state index >= 15 is 0 Å². The van der Waals surface area contributed by atoms with Crippen molar-refractivity contribution in [2.45, 2.75) is 33.1 Å². The molecule has 1 fully saturated rings. The van der Waals surface area contributed by atoms with Gasteiger partial charge in [-0.2, -0.15) is 0 Å². The minimum atomic E-state index is -0.839. The molecule has 4 nitrogen and oxygen atoms in total. The third-order valence-electron chi connectivity index (χ3n) is 3.09. The van der Waals surface area contributed by atoms with Crippen LogP contribution in [0.5, 0.6) is 0 Å². The van der Waals surface area contributed by atoms with Crippen molar-refractivity contribution in [1.82, 2.24) is 0 Å². The van der Waals surface area contributed by atoms with Gasteiger partial charge in [-0.15, -0.1) is 0 Å². The highest BCUT2D eigenvalue weighted by Crippen LogP contribution is 2.61. The number of carboxylic acid groups (broad SMARTS) is 1. The topological polar surface area (TPSA) is 80.4 Å². The van der Waals surface area contributed by atoms with Crippen molar-refractivity contribution in [2.24, 2.45) is 23.0 Å². The number of rotatable bonds is 5. The van der Waals surface area contributed by atoms with E-state index in [0.717, 1.165) is 6.42 Å². The molecule has 0 aromatic heterocycles. The smallest absolute Gasteiger partial charge is 0.303 e. The van der Waals surface area contributed by atoms with Gasteiger partial charge in [0, 0.05) is 6.42 Å². The molecule has 0 heterocycles. The molecule has 0 bridgehead atoms. The summed E-state index contributed by atoms with van der Waals surface area (Å²) in [6.07, 6.45) is 1.10. The Bertz CT molecular complexity index is 244. The second-order valence-corrected chi connectivity index (χ2v) is 4.63.